The molecule has 38 heavy (non-hydrogen) atoms. The zero-order chi connectivity index (χ0) is 28.3. The molecule has 1 aliphatic rings. The van der Waals surface area contributed by atoms with Crippen LogP contribution in [0.2, 0.25) is 0 Å². The number of hydrogen-bond acceptors (Lipinski definition) is 9. The highest BCUT2D eigenvalue weighted by Gasteiger charge is 2.41. The summed E-state index contributed by atoms with van der Waals surface area (Å²) in [4.78, 5) is 45.7. The van der Waals surface area contributed by atoms with Gasteiger partial charge in [0.25, 0.3) is 5.76 Å². The summed E-state index contributed by atoms with van der Waals surface area (Å²) in [6.07, 6.45) is 13.6. The van der Waals surface area contributed by atoms with E-state index in [0.29, 0.717) is 18.6 Å². The lowest BCUT2D eigenvalue weighted by atomic mass is 10.0. The third-order valence-electron chi connectivity index (χ3n) is 6.16. The van der Waals surface area contributed by atoms with Crippen LogP contribution in [0, 0.1) is 5.92 Å². The highest BCUT2D eigenvalue weighted by molar-refractivity contribution is 5.96. The zero-order valence-corrected chi connectivity index (χ0v) is 22.7. The minimum atomic E-state index is -1.58. The van der Waals surface area contributed by atoms with Gasteiger partial charge >= 0.3 is 23.9 Å². The maximum absolute atomic E-state index is 11.9. The van der Waals surface area contributed by atoms with Crippen molar-refractivity contribution in [2.75, 3.05) is 6.61 Å². The summed E-state index contributed by atoms with van der Waals surface area (Å²) in [5, 5.41) is 28.7. The number of carboxylic acid groups (broad SMARTS) is 1. The van der Waals surface area contributed by atoms with E-state index in [1.54, 1.807) is 0 Å². The number of ether oxygens (including phenoxy) is 3. The molecule has 0 bridgehead atoms. The Labute approximate surface area is 225 Å². The van der Waals surface area contributed by atoms with Crippen molar-refractivity contribution in [1.29, 1.82) is 0 Å². The topological polar surface area (TPSA) is 157 Å². The summed E-state index contributed by atoms with van der Waals surface area (Å²) >= 11 is 0. The quantitative estimate of drug-likeness (QED) is 0.0792. The van der Waals surface area contributed by atoms with E-state index in [9.17, 15) is 29.4 Å². The third kappa shape index (κ3) is 14.8. The maximum Gasteiger partial charge on any atom is 0.378 e. The number of hydrogen-bond donors (Lipinski definition) is 3. The van der Waals surface area contributed by atoms with Crippen molar-refractivity contribution in [3.05, 3.63) is 23.7 Å². The van der Waals surface area contributed by atoms with Crippen LogP contribution >= 0.6 is 0 Å². The highest BCUT2D eigenvalue weighted by Crippen LogP contribution is 2.25. The molecule has 216 valence electrons. The molecule has 0 aromatic carbocycles. The molecule has 0 spiro atoms. The number of carbonyl (C=O) groups excluding carboxylic acids is 3. The van der Waals surface area contributed by atoms with Gasteiger partial charge in [-0.05, 0) is 12.3 Å². The standard InChI is InChI=1S/C28H44O10/c1-20(2)15-13-11-9-7-5-3-4-6-8-10-12-14-16-23(32)36-19-21(29)26-25(34)27(28(35)38-26)37-24(33)18-17-22(30)31/h17-18,20-21,26,29,34H,3-16,19H2,1-2H3,(H,30,31)/b18-17+/t21-,26+/m0/s1. The summed E-state index contributed by atoms with van der Waals surface area (Å²) < 4.78 is 14.4. The van der Waals surface area contributed by atoms with E-state index >= 15 is 0 Å². The van der Waals surface area contributed by atoms with Gasteiger partial charge in [-0.15, -0.1) is 0 Å². The fourth-order valence-corrected chi connectivity index (χ4v) is 4.01. The Balaban J connectivity index is 2.11. The van der Waals surface area contributed by atoms with Gasteiger partial charge in [-0.3, -0.25) is 4.79 Å². The maximum atomic E-state index is 11.9. The van der Waals surface area contributed by atoms with Gasteiger partial charge in [0.15, 0.2) is 11.9 Å². The molecule has 3 N–H and O–H groups in total. The van der Waals surface area contributed by atoms with Gasteiger partial charge in [0, 0.05) is 18.6 Å². The van der Waals surface area contributed by atoms with Crippen LogP contribution in [-0.2, 0) is 33.4 Å². The van der Waals surface area contributed by atoms with Gasteiger partial charge in [-0.2, -0.15) is 0 Å². The molecule has 1 heterocycles. The van der Waals surface area contributed by atoms with Crippen molar-refractivity contribution in [1.82, 2.24) is 0 Å². The number of aliphatic hydroxyl groups excluding tert-OH is 2. The molecule has 10 nitrogen and oxygen atoms in total. The van der Waals surface area contributed by atoms with Gasteiger partial charge in [0.2, 0.25) is 0 Å². The number of rotatable bonds is 21. The number of cyclic esters (lactones) is 1. The molecule has 2 atom stereocenters. The molecule has 1 rings (SSSR count). The Bertz CT molecular complexity index is 814. The van der Waals surface area contributed by atoms with Crippen LogP contribution in [0.5, 0.6) is 0 Å². The van der Waals surface area contributed by atoms with E-state index in [0.717, 1.165) is 25.2 Å². The van der Waals surface area contributed by atoms with Crippen LogP contribution < -0.4 is 0 Å². The van der Waals surface area contributed by atoms with Crippen LogP contribution in [0.4, 0.5) is 0 Å². The molecule has 1 aliphatic heterocycles. The molecule has 0 saturated heterocycles. The zero-order valence-electron chi connectivity index (χ0n) is 22.7. The number of carbonyl (C=O) groups is 4. The van der Waals surface area contributed by atoms with Crippen LogP contribution in [0.15, 0.2) is 23.7 Å². The number of esters is 3. The number of aliphatic hydroxyl groups is 2. The van der Waals surface area contributed by atoms with Gasteiger partial charge in [0.05, 0.1) is 0 Å². The first kappa shape index (κ1) is 33.1. The smallest absolute Gasteiger partial charge is 0.378 e. The Morgan fingerprint density at radius 2 is 1.42 bits per heavy atom. The molecule has 0 aromatic heterocycles. The number of aliphatic carboxylic acids is 1. The fourth-order valence-electron chi connectivity index (χ4n) is 4.01. The number of unbranched alkanes of at least 4 members (excludes halogenated alkanes) is 11. The second kappa shape index (κ2) is 19.2. The van der Waals surface area contributed by atoms with Crippen molar-refractivity contribution in [3.8, 4) is 0 Å². The summed E-state index contributed by atoms with van der Waals surface area (Å²) in [5.41, 5.74) is 0. The van der Waals surface area contributed by atoms with Crippen molar-refractivity contribution in [2.45, 2.75) is 116 Å². The Morgan fingerprint density at radius 1 is 0.895 bits per heavy atom. The molecule has 0 fully saturated rings. The minimum absolute atomic E-state index is 0.189. The first-order valence-electron chi connectivity index (χ1n) is 13.7. The third-order valence-corrected chi connectivity index (χ3v) is 6.16. The van der Waals surface area contributed by atoms with Crippen LogP contribution in [0.3, 0.4) is 0 Å². The first-order valence-corrected chi connectivity index (χ1v) is 13.7. The van der Waals surface area contributed by atoms with Gasteiger partial charge < -0.3 is 29.5 Å². The van der Waals surface area contributed by atoms with Crippen molar-refractivity contribution >= 4 is 23.9 Å². The molecular weight excluding hydrogens is 496 g/mol. The predicted octanol–water partition coefficient (Wildman–Crippen LogP) is 4.89. The highest BCUT2D eigenvalue weighted by atomic mass is 16.6. The fraction of sp³-hybridized carbons (Fsp3) is 0.714. The van der Waals surface area contributed by atoms with Crippen molar-refractivity contribution < 1.29 is 48.7 Å². The SMILES string of the molecule is CC(C)CCCCCCCCCCCCCCC(=O)OC[C@H](O)[C@H]1OC(=O)C(OC(=O)/C=C/C(=O)O)=C1O. The molecule has 0 amide bonds. The van der Waals surface area contributed by atoms with Crippen LogP contribution in [-0.4, -0.2) is 58.0 Å². The molecule has 0 radical (unpaired) electrons. The van der Waals surface area contributed by atoms with Gasteiger partial charge in [0.1, 0.15) is 12.7 Å². The molecule has 10 heteroatoms. The molecular formula is C28H44O10. The van der Waals surface area contributed by atoms with Crippen molar-refractivity contribution in [2.24, 2.45) is 5.92 Å². The average Bonchev–Trinajstić information content (AvgIpc) is 3.14. The van der Waals surface area contributed by atoms with Crippen molar-refractivity contribution in [3.63, 3.8) is 0 Å². The summed E-state index contributed by atoms with van der Waals surface area (Å²) in [6, 6.07) is 0. The van der Waals surface area contributed by atoms with Crippen LogP contribution in [0.25, 0.3) is 0 Å². The second-order valence-corrected chi connectivity index (χ2v) is 10.1. The molecule has 0 aliphatic carbocycles. The molecule has 0 aromatic rings. The largest absolute Gasteiger partial charge is 0.505 e. The van der Waals surface area contributed by atoms with Gasteiger partial charge in [-0.1, -0.05) is 90.9 Å². The monoisotopic (exact) mass is 540 g/mol. The average molecular weight is 541 g/mol. The normalized spacial score (nSPS) is 16.2. The number of carboxylic acids is 1. The molecule has 0 saturated carbocycles. The Kier molecular flexibility index (Phi) is 16.8. The van der Waals surface area contributed by atoms with Gasteiger partial charge in [-0.25, -0.2) is 14.4 Å². The van der Waals surface area contributed by atoms with E-state index in [4.69, 9.17) is 14.6 Å². The van der Waals surface area contributed by atoms with E-state index in [2.05, 4.69) is 18.6 Å². The predicted molar refractivity (Wildman–Crippen MR) is 139 cm³/mol. The first-order chi connectivity index (χ1) is 18.1. The lowest BCUT2D eigenvalue weighted by Crippen LogP contribution is -2.33. The lowest BCUT2D eigenvalue weighted by molar-refractivity contribution is -0.156. The second-order valence-electron chi connectivity index (χ2n) is 10.1. The molecule has 0 unspecified atom stereocenters. The summed E-state index contributed by atoms with van der Waals surface area (Å²) in [5.74, 6) is -5.28. The minimum Gasteiger partial charge on any atom is -0.505 e. The van der Waals surface area contributed by atoms with E-state index in [-0.39, 0.29) is 6.42 Å². The van der Waals surface area contributed by atoms with E-state index in [1.807, 2.05) is 0 Å². The van der Waals surface area contributed by atoms with Crippen LogP contribution in [0.1, 0.15) is 104 Å². The van der Waals surface area contributed by atoms with E-state index < -0.39 is 54.2 Å². The Morgan fingerprint density at radius 3 is 1.95 bits per heavy atom. The Hall–Kier alpha value is -2.88. The summed E-state index contributed by atoms with van der Waals surface area (Å²) in [6.45, 7) is 4.02. The lowest BCUT2D eigenvalue weighted by Gasteiger charge is -2.17. The van der Waals surface area contributed by atoms with E-state index in [1.165, 1.54) is 57.8 Å². The summed E-state index contributed by atoms with van der Waals surface area (Å²) in [7, 11) is 0.